The standard InChI is InChI=1S/C16H17F2N5O3/c1-3-25-11-6-9(4-5-10(11)26-15(17)18)13-12(14(19)24)8(2)22-16-20-7-21-23(13)16/h4-7,13,15H,3H2,1-2H3,(H2,19,24)(H,20,21,22). The molecule has 1 aromatic carbocycles. The molecule has 10 heteroatoms. The predicted octanol–water partition coefficient (Wildman–Crippen LogP) is 2.05. The maximum Gasteiger partial charge on any atom is 0.387 e. The molecule has 0 fully saturated rings. The van der Waals surface area contributed by atoms with Crippen molar-refractivity contribution in [1.29, 1.82) is 0 Å². The van der Waals surface area contributed by atoms with Gasteiger partial charge < -0.3 is 20.5 Å². The molecule has 8 nitrogen and oxygen atoms in total. The van der Waals surface area contributed by atoms with E-state index < -0.39 is 18.6 Å². The highest BCUT2D eigenvalue weighted by Gasteiger charge is 2.32. The summed E-state index contributed by atoms with van der Waals surface area (Å²) in [6, 6.07) is 3.77. The zero-order chi connectivity index (χ0) is 18.8. The first-order chi connectivity index (χ1) is 12.4. The zero-order valence-electron chi connectivity index (χ0n) is 14.1. The van der Waals surface area contributed by atoms with E-state index >= 15 is 0 Å². The Morgan fingerprint density at radius 2 is 2.19 bits per heavy atom. The molecule has 1 aliphatic heterocycles. The van der Waals surface area contributed by atoms with Gasteiger partial charge in [0.25, 0.3) is 0 Å². The number of aromatic nitrogens is 3. The number of rotatable bonds is 6. The lowest BCUT2D eigenvalue weighted by Gasteiger charge is -2.28. The van der Waals surface area contributed by atoms with Crippen molar-refractivity contribution in [3.05, 3.63) is 41.4 Å². The summed E-state index contributed by atoms with van der Waals surface area (Å²) >= 11 is 0. The van der Waals surface area contributed by atoms with Crippen molar-refractivity contribution < 1.29 is 23.0 Å². The molecule has 1 aliphatic rings. The Bertz CT molecular complexity index is 865. The van der Waals surface area contributed by atoms with Crippen LogP contribution >= 0.6 is 0 Å². The number of nitrogens with two attached hydrogens (primary N) is 1. The first-order valence-corrected chi connectivity index (χ1v) is 7.81. The van der Waals surface area contributed by atoms with E-state index in [1.165, 1.54) is 23.1 Å². The average molecular weight is 365 g/mol. The van der Waals surface area contributed by atoms with Crippen LogP contribution in [0.15, 0.2) is 35.8 Å². The number of halogens is 2. The molecule has 0 bridgehead atoms. The number of fused-ring (bicyclic) bond motifs is 1. The monoisotopic (exact) mass is 365 g/mol. The molecule has 0 radical (unpaired) electrons. The van der Waals surface area contributed by atoms with Gasteiger partial charge in [-0.15, -0.1) is 0 Å². The Morgan fingerprint density at radius 3 is 2.85 bits per heavy atom. The molecule has 0 spiro atoms. The molecular weight excluding hydrogens is 348 g/mol. The third kappa shape index (κ3) is 3.17. The van der Waals surface area contributed by atoms with Crippen molar-refractivity contribution >= 4 is 11.9 Å². The number of nitrogens with one attached hydrogen (secondary N) is 1. The Labute approximate surface area is 147 Å². The first kappa shape index (κ1) is 17.6. The van der Waals surface area contributed by atoms with Gasteiger partial charge in [0.1, 0.15) is 12.4 Å². The second-order valence-electron chi connectivity index (χ2n) is 5.48. The van der Waals surface area contributed by atoms with Gasteiger partial charge in [-0.25, -0.2) is 4.68 Å². The number of amides is 1. The van der Waals surface area contributed by atoms with Gasteiger partial charge in [0.2, 0.25) is 11.9 Å². The number of ether oxygens (including phenoxy) is 2. The fourth-order valence-corrected chi connectivity index (χ4v) is 2.87. The smallest absolute Gasteiger partial charge is 0.387 e. The van der Waals surface area contributed by atoms with Crippen LogP contribution in [0, 0.1) is 0 Å². The largest absolute Gasteiger partial charge is 0.490 e. The van der Waals surface area contributed by atoms with Crippen molar-refractivity contribution in [3.63, 3.8) is 0 Å². The number of carbonyl (C=O) groups is 1. The summed E-state index contributed by atoms with van der Waals surface area (Å²) < 4.78 is 36.6. The van der Waals surface area contributed by atoms with E-state index in [-0.39, 0.29) is 23.7 Å². The number of hydrogen-bond donors (Lipinski definition) is 2. The Balaban J connectivity index is 2.12. The van der Waals surface area contributed by atoms with Gasteiger partial charge in [0.05, 0.1) is 12.2 Å². The summed E-state index contributed by atoms with van der Waals surface area (Å²) in [5, 5.41) is 7.10. The lowest BCUT2D eigenvalue weighted by Crippen LogP contribution is -2.31. The van der Waals surface area contributed by atoms with Gasteiger partial charge in [-0.2, -0.15) is 18.9 Å². The van der Waals surface area contributed by atoms with Gasteiger partial charge in [-0.05, 0) is 31.5 Å². The molecule has 2 heterocycles. The molecule has 26 heavy (non-hydrogen) atoms. The molecule has 0 aliphatic carbocycles. The van der Waals surface area contributed by atoms with E-state index in [4.69, 9.17) is 10.5 Å². The maximum atomic E-state index is 12.6. The number of hydrogen-bond acceptors (Lipinski definition) is 6. The Hall–Kier alpha value is -3.17. The molecule has 1 amide bonds. The highest BCUT2D eigenvalue weighted by Crippen LogP contribution is 2.38. The van der Waals surface area contributed by atoms with E-state index in [0.717, 1.165) is 0 Å². The highest BCUT2D eigenvalue weighted by molar-refractivity contribution is 5.95. The van der Waals surface area contributed by atoms with Gasteiger partial charge in [0, 0.05) is 5.70 Å². The molecule has 1 unspecified atom stereocenters. The molecule has 1 atom stereocenters. The quantitative estimate of drug-likeness (QED) is 0.812. The number of benzene rings is 1. The number of anilines is 1. The van der Waals surface area contributed by atoms with Crippen LogP contribution in [0.3, 0.4) is 0 Å². The van der Waals surface area contributed by atoms with Crippen LogP contribution in [0.4, 0.5) is 14.7 Å². The number of allylic oxidation sites excluding steroid dienone is 1. The molecule has 0 saturated carbocycles. The summed E-state index contributed by atoms with van der Waals surface area (Å²) in [5.74, 6) is -0.165. The molecule has 3 N–H and O–H groups in total. The zero-order valence-corrected chi connectivity index (χ0v) is 14.1. The lowest BCUT2D eigenvalue weighted by molar-refractivity contribution is -0.115. The number of nitrogens with zero attached hydrogens (tertiary/aromatic N) is 3. The third-order valence-corrected chi connectivity index (χ3v) is 3.86. The van der Waals surface area contributed by atoms with Crippen LogP contribution in [0.2, 0.25) is 0 Å². The van der Waals surface area contributed by atoms with Crippen LogP contribution < -0.4 is 20.5 Å². The van der Waals surface area contributed by atoms with Gasteiger partial charge in [-0.1, -0.05) is 6.07 Å². The fourth-order valence-electron chi connectivity index (χ4n) is 2.87. The summed E-state index contributed by atoms with van der Waals surface area (Å²) in [4.78, 5) is 16.1. The minimum Gasteiger partial charge on any atom is -0.490 e. The minimum atomic E-state index is -2.98. The summed E-state index contributed by atoms with van der Waals surface area (Å²) in [6.45, 7) is 0.687. The Kier molecular flexibility index (Phi) is 4.74. The lowest BCUT2D eigenvalue weighted by atomic mass is 9.95. The summed E-state index contributed by atoms with van der Waals surface area (Å²) in [7, 11) is 0. The summed E-state index contributed by atoms with van der Waals surface area (Å²) in [6.07, 6.45) is 1.34. The van der Waals surface area contributed by atoms with E-state index in [0.29, 0.717) is 17.2 Å². The van der Waals surface area contributed by atoms with Crippen LogP contribution in [0.1, 0.15) is 25.5 Å². The third-order valence-electron chi connectivity index (χ3n) is 3.86. The van der Waals surface area contributed by atoms with Crippen molar-refractivity contribution in [3.8, 4) is 11.5 Å². The normalized spacial score (nSPS) is 16.3. The van der Waals surface area contributed by atoms with E-state index in [9.17, 15) is 13.6 Å². The number of primary amides is 1. The van der Waals surface area contributed by atoms with Crippen LogP contribution in [0.25, 0.3) is 0 Å². The second kappa shape index (κ2) is 6.98. The van der Waals surface area contributed by atoms with Gasteiger partial charge in [-0.3, -0.25) is 4.79 Å². The maximum absolute atomic E-state index is 12.6. The van der Waals surface area contributed by atoms with Crippen molar-refractivity contribution in [1.82, 2.24) is 14.8 Å². The minimum absolute atomic E-state index is 0.0975. The van der Waals surface area contributed by atoms with Crippen LogP contribution in [-0.2, 0) is 4.79 Å². The number of carbonyl (C=O) groups excluding carboxylic acids is 1. The highest BCUT2D eigenvalue weighted by atomic mass is 19.3. The second-order valence-corrected chi connectivity index (χ2v) is 5.48. The van der Waals surface area contributed by atoms with Gasteiger partial charge >= 0.3 is 6.61 Å². The number of alkyl halides is 2. The fraction of sp³-hybridized carbons (Fsp3) is 0.312. The Morgan fingerprint density at radius 1 is 1.42 bits per heavy atom. The van der Waals surface area contributed by atoms with Crippen molar-refractivity contribution in [2.45, 2.75) is 26.5 Å². The topological polar surface area (TPSA) is 104 Å². The SMILES string of the molecule is CCOc1cc(C2C(C(N)=O)=C(C)Nc3ncnn32)ccc1OC(F)F. The molecule has 138 valence electrons. The van der Waals surface area contributed by atoms with E-state index in [1.54, 1.807) is 19.9 Å². The van der Waals surface area contributed by atoms with Gasteiger partial charge in [0.15, 0.2) is 11.5 Å². The predicted molar refractivity (Wildman–Crippen MR) is 87.9 cm³/mol. The van der Waals surface area contributed by atoms with Crippen molar-refractivity contribution in [2.75, 3.05) is 11.9 Å². The molecular formula is C16H17F2N5O3. The van der Waals surface area contributed by atoms with Crippen LogP contribution in [0.5, 0.6) is 11.5 Å². The molecule has 3 rings (SSSR count). The van der Waals surface area contributed by atoms with E-state index in [1.807, 2.05) is 0 Å². The van der Waals surface area contributed by atoms with Crippen molar-refractivity contribution in [2.24, 2.45) is 5.73 Å². The molecule has 1 aromatic heterocycles. The molecule has 2 aromatic rings. The first-order valence-electron chi connectivity index (χ1n) is 7.81. The average Bonchev–Trinajstić information content (AvgIpc) is 3.02. The molecule has 0 saturated heterocycles. The summed E-state index contributed by atoms with van der Waals surface area (Å²) in [5.41, 5.74) is 6.94. The van der Waals surface area contributed by atoms with Crippen LogP contribution in [-0.4, -0.2) is 33.9 Å². The van der Waals surface area contributed by atoms with E-state index in [2.05, 4.69) is 20.1 Å².